The third kappa shape index (κ3) is 4.75. The second-order valence-corrected chi connectivity index (χ2v) is 4.81. The van der Waals surface area contributed by atoms with Crippen LogP contribution in [-0.4, -0.2) is 29.5 Å². The number of carbonyl (C=O) groups is 2. The van der Waals surface area contributed by atoms with E-state index in [1.165, 1.54) is 7.05 Å². The number of rotatable bonds is 5. The molecule has 1 rings (SSSR count). The number of alkyl halides is 3. The zero-order chi connectivity index (χ0) is 16.0. The van der Waals surface area contributed by atoms with Crippen molar-refractivity contribution >= 4 is 23.5 Å². The molecule has 1 aromatic heterocycles. The lowest BCUT2D eigenvalue weighted by Crippen LogP contribution is -2.33. The summed E-state index contributed by atoms with van der Waals surface area (Å²) in [4.78, 5) is 26.5. The molecular weight excluding hydrogens is 307 g/mol. The van der Waals surface area contributed by atoms with Crippen molar-refractivity contribution in [3.8, 4) is 6.07 Å². The van der Waals surface area contributed by atoms with Gasteiger partial charge in [-0.25, -0.2) is 4.98 Å². The number of nitrogens with zero attached hydrogens (tertiary/aromatic N) is 2. The van der Waals surface area contributed by atoms with Crippen LogP contribution >= 0.6 is 11.8 Å². The molecule has 0 aromatic carbocycles. The summed E-state index contributed by atoms with van der Waals surface area (Å²) in [5, 5.41) is 11.1. The van der Waals surface area contributed by atoms with Gasteiger partial charge in [0, 0.05) is 13.2 Å². The topological polar surface area (TPSA) is 82.9 Å². The highest BCUT2D eigenvalue weighted by atomic mass is 32.2. The summed E-state index contributed by atoms with van der Waals surface area (Å²) in [6, 6.07) is 3.55. The summed E-state index contributed by atoms with van der Waals surface area (Å²) < 4.78 is 37.0. The van der Waals surface area contributed by atoms with Gasteiger partial charge in [0.1, 0.15) is 0 Å². The molecule has 0 spiro atoms. The van der Waals surface area contributed by atoms with Crippen molar-refractivity contribution < 1.29 is 22.8 Å². The molecule has 1 N–H and O–H groups in total. The maximum atomic E-state index is 12.3. The number of thioether (sulfide) groups is 1. The molecule has 0 aliphatic carbocycles. The number of aromatic nitrogens is 1. The van der Waals surface area contributed by atoms with Crippen molar-refractivity contribution in [2.24, 2.45) is 5.92 Å². The Morgan fingerprint density at radius 3 is 2.57 bits per heavy atom. The number of amides is 1. The minimum absolute atomic E-state index is 0.199. The quantitative estimate of drug-likeness (QED) is 0.659. The van der Waals surface area contributed by atoms with Crippen LogP contribution in [0.4, 0.5) is 13.2 Å². The zero-order valence-corrected chi connectivity index (χ0v) is 11.6. The molecule has 9 heteroatoms. The van der Waals surface area contributed by atoms with Crippen LogP contribution in [0.1, 0.15) is 5.56 Å². The second kappa shape index (κ2) is 7.08. The van der Waals surface area contributed by atoms with Crippen molar-refractivity contribution in [2.45, 2.75) is 11.2 Å². The lowest BCUT2D eigenvalue weighted by Gasteiger charge is -2.08. The number of carbonyl (C=O) groups excluding carboxylic acids is 2. The van der Waals surface area contributed by atoms with Gasteiger partial charge >= 0.3 is 6.18 Å². The van der Waals surface area contributed by atoms with E-state index in [0.717, 1.165) is 23.9 Å². The summed E-state index contributed by atoms with van der Waals surface area (Å²) in [5.41, 5.74) is -0.890. The second-order valence-electron chi connectivity index (χ2n) is 3.81. The van der Waals surface area contributed by atoms with E-state index in [2.05, 4.69) is 10.3 Å². The van der Waals surface area contributed by atoms with Gasteiger partial charge in [-0.3, -0.25) is 9.59 Å². The third-order valence-corrected chi connectivity index (χ3v) is 3.35. The molecule has 21 heavy (non-hydrogen) atoms. The van der Waals surface area contributed by atoms with E-state index in [0.29, 0.717) is 6.20 Å². The maximum Gasteiger partial charge on any atom is 0.417 e. The predicted molar refractivity (Wildman–Crippen MR) is 68.1 cm³/mol. The van der Waals surface area contributed by atoms with Gasteiger partial charge in [0.2, 0.25) is 5.91 Å². The highest BCUT2D eigenvalue weighted by Gasteiger charge is 2.30. The normalized spacial score (nSPS) is 12.3. The Morgan fingerprint density at radius 2 is 2.14 bits per heavy atom. The number of nitrogens with one attached hydrogen (secondary N) is 1. The molecule has 0 aliphatic heterocycles. The van der Waals surface area contributed by atoms with E-state index < -0.39 is 29.3 Å². The lowest BCUT2D eigenvalue weighted by atomic mass is 10.1. The van der Waals surface area contributed by atoms with Gasteiger partial charge in [-0.1, -0.05) is 11.8 Å². The first-order valence-corrected chi connectivity index (χ1v) is 6.58. The molecule has 0 fully saturated rings. The average Bonchev–Trinajstić information content (AvgIpc) is 2.45. The molecule has 0 bridgehead atoms. The molecule has 1 atom stereocenters. The van der Waals surface area contributed by atoms with E-state index >= 15 is 0 Å². The van der Waals surface area contributed by atoms with Crippen molar-refractivity contribution in [1.82, 2.24) is 10.3 Å². The third-order valence-electron chi connectivity index (χ3n) is 2.39. The van der Waals surface area contributed by atoms with Gasteiger partial charge in [0.05, 0.1) is 22.4 Å². The Bertz CT molecular complexity index is 567. The number of nitriles is 1. The largest absolute Gasteiger partial charge is 0.417 e. The smallest absolute Gasteiger partial charge is 0.358 e. The molecule has 5 nitrogen and oxygen atoms in total. The van der Waals surface area contributed by atoms with Gasteiger partial charge in [-0.05, 0) is 12.1 Å². The molecule has 0 saturated heterocycles. The van der Waals surface area contributed by atoms with E-state index in [4.69, 9.17) is 5.26 Å². The number of ketones is 1. The summed E-state index contributed by atoms with van der Waals surface area (Å²) in [7, 11) is 1.30. The molecule has 112 valence electrons. The van der Waals surface area contributed by atoms with Crippen LogP contribution in [-0.2, 0) is 15.8 Å². The van der Waals surface area contributed by atoms with E-state index in [1.54, 1.807) is 6.07 Å². The Labute approximate surface area is 122 Å². The first kappa shape index (κ1) is 17.0. The standard InChI is InChI=1S/C12H10F3N3O2S/c1-17-11(20)8(4-16)9(19)6-21-10-3-2-7(5-18-10)12(13,14)15/h2-3,5,8H,6H2,1H3,(H,17,20). The summed E-state index contributed by atoms with van der Waals surface area (Å²) in [6.07, 6.45) is -3.82. The van der Waals surface area contributed by atoms with E-state index in [1.807, 2.05) is 0 Å². The number of hydrogen-bond acceptors (Lipinski definition) is 5. The fraction of sp³-hybridized carbons (Fsp3) is 0.333. The van der Waals surface area contributed by atoms with Crippen LogP contribution in [0.15, 0.2) is 23.4 Å². The SMILES string of the molecule is CNC(=O)C(C#N)C(=O)CSc1ccc(C(F)(F)F)cn1. The fourth-order valence-electron chi connectivity index (χ4n) is 1.28. The summed E-state index contributed by atoms with van der Waals surface area (Å²) in [6.45, 7) is 0. The van der Waals surface area contributed by atoms with Gasteiger partial charge in [-0.2, -0.15) is 18.4 Å². The van der Waals surface area contributed by atoms with Crippen molar-refractivity contribution in [3.63, 3.8) is 0 Å². The highest BCUT2D eigenvalue weighted by Crippen LogP contribution is 2.29. The Balaban J connectivity index is 2.65. The number of halogens is 3. The van der Waals surface area contributed by atoms with Crippen molar-refractivity contribution in [3.05, 3.63) is 23.9 Å². The molecule has 0 saturated carbocycles. The van der Waals surface area contributed by atoms with Crippen LogP contribution in [0.3, 0.4) is 0 Å². The Kier molecular flexibility index (Phi) is 5.72. The monoisotopic (exact) mass is 317 g/mol. The van der Waals surface area contributed by atoms with Crippen LogP contribution in [0.25, 0.3) is 0 Å². The van der Waals surface area contributed by atoms with Crippen LogP contribution in [0, 0.1) is 17.2 Å². The predicted octanol–water partition coefficient (Wildman–Crippen LogP) is 1.65. The first-order chi connectivity index (χ1) is 9.79. The zero-order valence-electron chi connectivity index (χ0n) is 10.8. The maximum absolute atomic E-state index is 12.3. The molecular formula is C12H10F3N3O2S. The lowest BCUT2D eigenvalue weighted by molar-refractivity contribution is -0.138. The minimum atomic E-state index is -4.48. The van der Waals surface area contributed by atoms with Gasteiger partial charge in [0.15, 0.2) is 11.7 Å². The van der Waals surface area contributed by atoms with Gasteiger partial charge in [0.25, 0.3) is 0 Å². The van der Waals surface area contributed by atoms with Crippen LogP contribution in [0.2, 0.25) is 0 Å². The molecule has 0 radical (unpaired) electrons. The molecule has 1 unspecified atom stereocenters. The molecule has 0 aliphatic rings. The number of hydrogen-bond donors (Lipinski definition) is 1. The van der Waals surface area contributed by atoms with Crippen molar-refractivity contribution in [2.75, 3.05) is 12.8 Å². The molecule has 1 heterocycles. The van der Waals surface area contributed by atoms with Crippen LogP contribution < -0.4 is 5.32 Å². The van der Waals surface area contributed by atoms with E-state index in [-0.39, 0.29) is 10.8 Å². The summed E-state index contributed by atoms with van der Waals surface area (Å²) >= 11 is 0.860. The summed E-state index contributed by atoms with van der Waals surface area (Å²) in [5.74, 6) is -3.02. The van der Waals surface area contributed by atoms with Crippen molar-refractivity contribution in [1.29, 1.82) is 5.26 Å². The highest BCUT2D eigenvalue weighted by molar-refractivity contribution is 7.99. The fourth-order valence-corrected chi connectivity index (χ4v) is 2.03. The first-order valence-electron chi connectivity index (χ1n) is 5.59. The average molecular weight is 317 g/mol. The Morgan fingerprint density at radius 1 is 1.48 bits per heavy atom. The van der Waals surface area contributed by atoms with Crippen LogP contribution in [0.5, 0.6) is 0 Å². The number of Topliss-reactive ketones (excluding diaryl/α,β-unsaturated/α-hetero) is 1. The molecule has 1 amide bonds. The number of pyridine rings is 1. The molecule has 1 aromatic rings. The minimum Gasteiger partial charge on any atom is -0.358 e. The van der Waals surface area contributed by atoms with Gasteiger partial charge in [-0.15, -0.1) is 0 Å². The van der Waals surface area contributed by atoms with E-state index in [9.17, 15) is 22.8 Å². The van der Waals surface area contributed by atoms with Gasteiger partial charge < -0.3 is 5.32 Å². The Hall–Kier alpha value is -2.08.